The average Bonchev–Trinajstić information content (AvgIpc) is 3.39. The standard InChI is InChI=1S/C19H19N5O/c1-12(15-3-2-10-20-11-15)19(25)21-16-8-6-14(7-9-16)18-22-17(23-24-18)13-4-5-13/h2-3,6-13H,4-5H2,1H3,(H,21,25)(H,22,23,24)/t12-/m1/s1. The summed E-state index contributed by atoms with van der Waals surface area (Å²) in [5, 5.41) is 10.2. The first-order valence-electron chi connectivity index (χ1n) is 8.44. The van der Waals surface area contributed by atoms with E-state index in [-0.39, 0.29) is 11.8 Å². The normalized spacial score (nSPS) is 14.9. The van der Waals surface area contributed by atoms with Crippen molar-refractivity contribution in [3.05, 3.63) is 60.2 Å². The van der Waals surface area contributed by atoms with Crippen LogP contribution >= 0.6 is 0 Å². The summed E-state index contributed by atoms with van der Waals surface area (Å²) in [6.07, 6.45) is 5.79. The van der Waals surface area contributed by atoms with E-state index < -0.39 is 0 Å². The lowest BCUT2D eigenvalue weighted by molar-refractivity contribution is -0.117. The first-order chi connectivity index (χ1) is 12.2. The van der Waals surface area contributed by atoms with Crippen LogP contribution in [0.4, 0.5) is 5.69 Å². The van der Waals surface area contributed by atoms with Gasteiger partial charge in [0.1, 0.15) is 5.82 Å². The van der Waals surface area contributed by atoms with Crippen molar-refractivity contribution in [2.75, 3.05) is 5.32 Å². The van der Waals surface area contributed by atoms with Crippen LogP contribution in [0.25, 0.3) is 11.4 Å². The van der Waals surface area contributed by atoms with Gasteiger partial charge in [0.15, 0.2) is 5.82 Å². The Hall–Kier alpha value is -3.02. The molecule has 1 aliphatic rings. The topological polar surface area (TPSA) is 83.6 Å². The van der Waals surface area contributed by atoms with Gasteiger partial charge in [-0.3, -0.25) is 14.9 Å². The van der Waals surface area contributed by atoms with E-state index in [9.17, 15) is 4.79 Å². The second kappa shape index (κ2) is 6.47. The molecule has 2 heterocycles. The number of anilines is 1. The van der Waals surface area contributed by atoms with Gasteiger partial charge in [-0.05, 0) is 55.7 Å². The quantitative estimate of drug-likeness (QED) is 0.748. The SMILES string of the molecule is C[C@@H](C(=O)Nc1ccc(-c2n[nH]c(C3CC3)n2)cc1)c1cccnc1. The molecule has 25 heavy (non-hydrogen) atoms. The van der Waals surface area contributed by atoms with E-state index in [0.29, 0.717) is 11.7 Å². The molecule has 0 radical (unpaired) electrons. The van der Waals surface area contributed by atoms with Crippen molar-refractivity contribution in [3.8, 4) is 11.4 Å². The number of carbonyl (C=O) groups is 1. The van der Waals surface area contributed by atoms with Crippen LogP contribution in [-0.2, 0) is 4.79 Å². The zero-order chi connectivity index (χ0) is 17.2. The maximum Gasteiger partial charge on any atom is 0.231 e. The highest BCUT2D eigenvalue weighted by Gasteiger charge is 2.27. The molecule has 6 nitrogen and oxygen atoms in total. The number of hydrogen-bond acceptors (Lipinski definition) is 4. The van der Waals surface area contributed by atoms with E-state index in [4.69, 9.17) is 0 Å². The maximum absolute atomic E-state index is 12.4. The van der Waals surface area contributed by atoms with Crippen molar-refractivity contribution in [1.29, 1.82) is 0 Å². The minimum atomic E-state index is -0.262. The summed E-state index contributed by atoms with van der Waals surface area (Å²) in [6, 6.07) is 11.3. The van der Waals surface area contributed by atoms with Crippen LogP contribution < -0.4 is 5.32 Å². The molecule has 2 aromatic heterocycles. The Bertz CT molecular complexity index is 868. The fraction of sp³-hybridized carbons (Fsp3) is 0.263. The predicted octanol–water partition coefficient (Wildman–Crippen LogP) is 3.49. The number of nitrogens with one attached hydrogen (secondary N) is 2. The molecule has 0 spiro atoms. The minimum Gasteiger partial charge on any atom is -0.326 e. The molecule has 6 heteroatoms. The zero-order valence-corrected chi connectivity index (χ0v) is 13.9. The second-order valence-corrected chi connectivity index (χ2v) is 6.39. The number of aromatic nitrogens is 4. The molecule has 1 saturated carbocycles. The van der Waals surface area contributed by atoms with E-state index in [1.54, 1.807) is 12.4 Å². The highest BCUT2D eigenvalue weighted by Crippen LogP contribution is 2.38. The van der Waals surface area contributed by atoms with Crippen LogP contribution in [0.5, 0.6) is 0 Å². The number of carbonyl (C=O) groups excluding carboxylic acids is 1. The highest BCUT2D eigenvalue weighted by atomic mass is 16.1. The molecule has 4 rings (SSSR count). The van der Waals surface area contributed by atoms with Crippen LogP contribution in [0.2, 0.25) is 0 Å². The summed E-state index contributed by atoms with van der Waals surface area (Å²) in [5.41, 5.74) is 2.58. The van der Waals surface area contributed by atoms with Gasteiger partial charge >= 0.3 is 0 Å². The molecule has 0 aliphatic heterocycles. The van der Waals surface area contributed by atoms with Gasteiger partial charge in [-0.15, -0.1) is 0 Å². The van der Waals surface area contributed by atoms with Gasteiger partial charge in [-0.25, -0.2) is 4.98 Å². The average molecular weight is 333 g/mol. The van der Waals surface area contributed by atoms with Crippen molar-refractivity contribution in [1.82, 2.24) is 20.2 Å². The highest BCUT2D eigenvalue weighted by molar-refractivity contribution is 5.95. The van der Waals surface area contributed by atoms with Crippen molar-refractivity contribution in [2.24, 2.45) is 0 Å². The molecule has 0 bridgehead atoms. The van der Waals surface area contributed by atoms with Crippen LogP contribution in [0, 0.1) is 0 Å². The summed E-state index contributed by atoms with van der Waals surface area (Å²) < 4.78 is 0. The van der Waals surface area contributed by atoms with E-state index in [1.807, 2.05) is 43.3 Å². The van der Waals surface area contributed by atoms with Gasteiger partial charge in [0.25, 0.3) is 0 Å². The summed E-state index contributed by atoms with van der Waals surface area (Å²) in [7, 11) is 0. The van der Waals surface area contributed by atoms with Crippen molar-refractivity contribution < 1.29 is 4.79 Å². The van der Waals surface area contributed by atoms with Crippen LogP contribution in [0.1, 0.15) is 43.0 Å². The van der Waals surface area contributed by atoms with Gasteiger partial charge in [0.2, 0.25) is 5.91 Å². The Morgan fingerprint density at radius 2 is 2.04 bits per heavy atom. The van der Waals surface area contributed by atoms with Gasteiger partial charge < -0.3 is 5.32 Å². The Morgan fingerprint density at radius 3 is 2.72 bits per heavy atom. The second-order valence-electron chi connectivity index (χ2n) is 6.39. The van der Waals surface area contributed by atoms with Gasteiger partial charge in [0.05, 0.1) is 5.92 Å². The molecule has 2 N–H and O–H groups in total. The largest absolute Gasteiger partial charge is 0.326 e. The maximum atomic E-state index is 12.4. The molecule has 1 amide bonds. The smallest absolute Gasteiger partial charge is 0.231 e. The van der Waals surface area contributed by atoms with E-state index in [2.05, 4.69) is 25.5 Å². The number of benzene rings is 1. The fourth-order valence-electron chi connectivity index (χ4n) is 2.68. The summed E-state index contributed by atoms with van der Waals surface area (Å²) in [6.45, 7) is 1.87. The zero-order valence-electron chi connectivity index (χ0n) is 13.9. The molecule has 0 unspecified atom stereocenters. The molecule has 126 valence electrons. The number of amides is 1. The van der Waals surface area contributed by atoms with Crippen LogP contribution in [-0.4, -0.2) is 26.1 Å². The molecule has 1 fully saturated rings. The van der Waals surface area contributed by atoms with E-state index >= 15 is 0 Å². The fourth-order valence-corrected chi connectivity index (χ4v) is 2.68. The lowest BCUT2D eigenvalue weighted by atomic mass is 10.0. The molecule has 3 aromatic rings. The number of aromatic amines is 1. The third-order valence-corrected chi connectivity index (χ3v) is 4.46. The monoisotopic (exact) mass is 333 g/mol. The molecular formula is C19H19N5O. The van der Waals surface area contributed by atoms with E-state index in [1.165, 1.54) is 12.8 Å². The van der Waals surface area contributed by atoms with Gasteiger partial charge in [-0.2, -0.15) is 5.10 Å². The molecule has 1 aliphatic carbocycles. The van der Waals surface area contributed by atoms with Gasteiger partial charge in [-0.1, -0.05) is 6.07 Å². The first-order valence-corrected chi connectivity index (χ1v) is 8.44. The minimum absolute atomic E-state index is 0.0605. The molecule has 1 atom stereocenters. The summed E-state index contributed by atoms with van der Waals surface area (Å²) in [4.78, 5) is 21.0. The first kappa shape index (κ1) is 15.5. The third-order valence-electron chi connectivity index (χ3n) is 4.46. The number of hydrogen-bond donors (Lipinski definition) is 2. The lowest BCUT2D eigenvalue weighted by Gasteiger charge is -2.12. The Morgan fingerprint density at radius 1 is 1.24 bits per heavy atom. The predicted molar refractivity (Wildman–Crippen MR) is 95.1 cm³/mol. The van der Waals surface area contributed by atoms with Crippen LogP contribution in [0.3, 0.4) is 0 Å². The number of H-pyrrole nitrogens is 1. The molecular weight excluding hydrogens is 314 g/mol. The van der Waals surface area contributed by atoms with Crippen molar-refractivity contribution in [2.45, 2.75) is 31.6 Å². The number of rotatable bonds is 5. The lowest BCUT2D eigenvalue weighted by Crippen LogP contribution is -2.18. The number of nitrogens with zero attached hydrogens (tertiary/aromatic N) is 3. The third kappa shape index (κ3) is 3.42. The molecule has 1 aromatic carbocycles. The number of pyridine rings is 1. The van der Waals surface area contributed by atoms with Crippen LogP contribution in [0.15, 0.2) is 48.8 Å². The van der Waals surface area contributed by atoms with Crippen molar-refractivity contribution in [3.63, 3.8) is 0 Å². The van der Waals surface area contributed by atoms with Gasteiger partial charge in [0, 0.05) is 29.6 Å². The van der Waals surface area contributed by atoms with Crippen molar-refractivity contribution >= 4 is 11.6 Å². The summed E-state index contributed by atoms with van der Waals surface area (Å²) in [5.74, 6) is 1.90. The Balaban J connectivity index is 1.43. The Kier molecular flexibility index (Phi) is 4.01. The van der Waals surface area contributed by atoms with E-state index in [0.717, 1.165) is 22.6 Å². The summed E-state index contributed by atoms with van der Waals surface area (Å²) >= 11 is 0. The molecule has 0 saturated heterocycles. The Labute approximate surface area is 145 Å².